The predicted octanol–water partition coefficient (Wildman–Crippen LogP) is 2.24. The summed E-state index contributed by atoms with van der Waals surface area (Å²) in [6.45, 7) is 4.60. The van der Waals surface area contributed by atoms with E-state index in [1.807, 2.05) is 18.2 Å². The minimum atomic E-state index is -0.424. The highest BCUT2D eigenvalue weighted by atomic mass is 16.3. The zero-order chi connectivity index (χ0) is 12.5. The lowest BCUT2D eigenvalue weighted by Crippen LogP contribution is -2.55. The second-order valence-corrected chi connectivity index (χ2v) is 5.71. The van der Waals surface area contributed by atoms with Crippen LogP contribution in [0.15, 0.2) is 24.4 Å². The zero-order valence-electron chi connectivity index (χ0n) is 11.0. The van der Waals surface area contributed by atoms with Gasteiger partial charge in [-0.2, -0.15) is 0 Å². The fourth-order valence-corrected chi connectivity index (χ4v) is 3.72. The molecule has 4 rings (SSSR count). The standard InChI is InChI=1S/C15H22N2O/c1-2-11-10-17-8-6-12(11)9-14(17)15(18)13-5-3-4-7-16-13/h3-5,7,11-12,14-15,18H,2,6,8-10H2,1H3. The maximum atomic E-state index is 10.5. The molecule has 0 spiro atoms. The van der Waals surface area contributed by atoms with Crippen LogP contribution in [0.25, 0.3) is 0 Å². The first-order chi connectivity index (χ1) is 8.79. The summed E-state index contributed by atoms with van der Waals surface area (Å²) in [6, 6.07) is 6.07. The average Bonchev–Trinajstić information content (AvgIpc) is 2.47. The monoisotopic (exact) mass is 246 g/mol. The highest BCUT2D eigenvalue weighted by Gasteiger charge is 2.42. The number of fused-ring (bicyclic) bond motifs is 3. The number of nitrogens with zero attached hydrogens (tertiary/aromatic N) is 2. The van der Waals surface area contributed by atoms with Crippen molar-refractivity contribution in [3.05, 3.63) is 30.1 Å². The molecular weight excluding hydrogens is 224 g/mol. The molecule has 0 radical (unpaired) electrons. The van der Waals surface area contributed by atoms with Gasteiger partial charge in [-0.05, 0) is 43.4 Å². The second-order valence-electron chi connectivity index (χ2n) is 5.71. The third-order valence-corrected chi connectivity index (χ3v) is 4.82. The minimum absolute atomic E-state index is 0.279. The molecule has 98 valence electrons. The molecule has 0 aliphatic carbocycles. The molecule has 5 atom stereocenters. The van der Waals surface area contributed by atoms with E-state index in [0.29, 0.717) is 0 Å². The second kappa shape index (κ2) is 4.98. The molecule has 1 aromatic rings. The number of hydrogen-bond acceptors (Lipinski definition) is 3. The molecule has 4 heterocycles. The van der Waals surface area contributed by atoms with Crippen LogP contribution in [0.4, 0.5) is 0 Å². The number of pyridine rings is 1. The van der Waals surface area contributed by atoms with E-state index in [9.17, 15) is 5.11 Å². The van der Waals surface area contributed by atoms with Crippen LogP contribution in [0.5, 0.6) is 0 Å². The summed E-state index contributed by atoms with van der Waals surface area (Å²) in [6.07, 6.45) is 5.06. The van der Waals surface area contributed by atoms with Crippen molar-refractivity contribution in [3.63, 3.8) is 0 Å². The molecule has 18 heavy (non-hydrogen) atoms. The molecular formula is C15H22N2O. The number of rotatable bonds is 3. The Kier molecular flexibility index (Phi) is 3.35. The Morgan fingerprint density at radius 2 is 2.39 bits per heavy atom. The van der Waals surface area contributed by atoms with Gasteiger partial charge in [0.15, 0.2) is 0 Å². The first-order valence-electron chi connectivity index (χ1n) is 7.12. The van der Waals surface area contributed by atoms with Gasteiger partial charge >= 0.3 is 0 Å². The van der Waals surface area contributed by atoms with Gasteiger partial charge < -0.3 is 5.11 Å². The Hall–Kier alpha value is -0.930. The van der Waals surface area contributed by atoms with Crippen molar-refractivity contribution in [1.82, 2.24) is 9.88 Å². The topological polar surface area (TPSA) is 36.4 Å². The van der Waals surface area contributed by atoms with Crippen molar-refractivity contribution < 1.29 is 5.11 Å². The van der Waals surface area contributed by atoms with Crippen LogP contribution in [0, 0.1) is 11.8 Å². The van der Waals surface area contributed by atoms with E-state index in [2.05, 4.69) is 16.8 Å². The first kappa shape index (κ1) is 12.1. The fourth-order valence-electron chi connectivity index (χ4n) is 3.72. The third kappa shape index (κ3) is 2.06. The quantitative estimate of drug-likeness (QED) is 0.888. The summed E-state index contributed by atoms with van der Waals surface area (Å²) >= 11 is 0. The van der Waals surface area contributed by atoms with E-state index in [1.54, 1.807) is 6.20 Å². The molecule has 1 N–H and O–H groups in total. The summed E-state index contributed by atoms with van der Waals surface area (Å²) in [4.78, 5) is 6.78. The number of aliphatic hydroxyl groups excluding tert-OH is 1. The number of aliphatic hydroxyl groups is 1. The molecule has 1 aromatic heterocycles. The van der Waals surface area contributed by atoms with Crippen LogP contribution < -0.4 is 0 Å². The Balaban J connectivity index is 1.75. The normalized spacial score (nSPS) is 36.6. The van der Waals surface area contributed by atoms with Crippen LogP contribution in [0.2, 0.25) is 0 Å². The highest BCUT2D eigenvalue weighted by molar-refractivity contribution is 5.11. The van der Waals surface area contributed by atoms with Crippen LogP contribution in [-0.2, 0) is 0 Å². The highest BCUT2D eigenvalue weighted by Crippen LogP contribution is 2.41. The fraction of sp³-hybridized carbons (Fsp3) is 0.667. The molecule has 3 nitrogen and oxygen atoms in total. The Morgan fingerprint density at radius 1 is 1.50 bits per heavy atom. The molecule has 3 heteroatoms. The van der Waals surface area contributed by atoms with Crippen molar-refractivity contribution >= 4 is 0 Å². The lowest BCUT2D eigenvalue weighted by atomic mass is 9.73. The molecule has 3 aliphatic rings. The van der Waals surface area contributed by atoms with Gasteiger partial charge in [0.2, 0.25) is 0 Å². The van der Waals surface area contributed by atoms with E-state index in [0.717, 1.165) is 37.0 Å². The van der Waals surface area contributed by atoms with Gasteiger partial charge in [-0.1, -0.05) is 19.4 Å². The van der Waals surface area contributed by atoms with Gasteiger partial charge in [-0.15, -0.1) is 0 Å². The van der Waals surface area contributed by atoms with E-state index in [-0.39, 0.29) is 6.04 Å². The number of aromatic nitrogens is 1. The molecule has 0 saturated carbocycles. The summed E-state index contributed by atoms with van der Waals surface area (Å²) in [5, 5.41) is 10.5. The predicted molar refractivity (Wildman–Crippen MR) is 71.1 cm³/mol. The van der Waals surface area contributed by atoms with Crippen molar-refractivity contribution in [3.8, 4) is 0 Å². The van der Waals surface area contributed by atoms with Gasteiger partial charge in [0.25, 0.3) is 0 Å². The molecule has 3 aliphatic heterocycles. The van der Waals surface area contributed by atoms with E-state index in [1.165, 1.54) is 12.8 Å². The third-order valence-electron chi connectivity index (χ3n) is 4.82. The minimum Gasteiger partial charge on any atom is -0.385 e. The zero-order valence-corrected chi connectivity index (χ0v) is 11.0. The molecule has 2 bridgehead atoms. The van der Waals surface area contributed by atoms with Crippen molar-refractivity contribution in [2.75, 3.05) is 13.1 Å². The Labute approximate surface area is 109 Å². The largest absolute Gasteiger partial charge is 0.385 e. The Morgan fingerprint density at radius 3 is 3.00 bits per heavy atom. The van der Waals surface area contributed by atoms with Gasteiger partial charge in [-0.3, -0.25) is 9.88 Å². The van der Waals surface area contributed by atoms with Crippen molar-refractivity contribution in [2.24, 2.45) is 11.8 Å². The average molecular weight is 246 g/mol. The maximum Gasteiger partial charge on any atom is 0.111 e. The van der Waals surface area contributed by atoms with E-state index >= 15 is 0 Å². The van der Waals surface area contributed by atoms with Crippen LogP contribution in [0.3, 0.4) is 0 Å². The van der Waals surface area contributed by atoms with Gasteiger partial charge in [0, 0.05) is 18.8 Å². The lowest BCUT2D eigenvalue weighted by Gasteiger charge is -2.51. The molecule has 0 aromatic carbocycles. The van der Waals surface area contributed by atoms with Gasteiger partial charge in [-0.25, -0.2) is 0 Å². The van der Waals surface area contributed by atoms with Crippen LogP contribution >= 0.6 is 0 Å². The maximum absolute atomic E-state index is 10.5. The Bertz CT molecular complexity index is 395. The molecule has 0 amide bonds. The number of hydrogen-bond donors (Lipinski definition) is 1. The van der Waals surface area contributed by atoms with E-state index < -0.39 is 6.10 Å². The van der Waals surface area contributed by atoms with Gasteiger partial charge in [0.05, 0.1) is 5.69 Å². The van der Waals surface area contributed by atoms with Gasteiger partial charge in [0.1, 0.15) is 6.10 Å². The smallest absolute Gasteiger partial charge is 0.111 e. The van der Waals surface area contributed by atoms with Crippen LogP contribution in [-0.4, -0.2) is 34.1 Å². The summed E-state index contributed by atoms with van der Waals surface area (Å²) < 4.78 is 0. The molecule has 5 unspecified atom stereocenters. The van der Waals surface area contributed by atoms with Crippen LogP contribution in [0.1, 0.15) is 38.0 Å². The van der Waals surface area contributed by atoms with Crippen molar-refractivity contribution in [1.29, 1.82) is 0 Å². The van der Waals surface area contributed by atoms with E-state index in [4.69, 9.17) is 0 Å². The summed E-state index contributed by atoms with van der Waals surface area (Å²) in [7, 11) is 0. The van der Waals surface area contributed by atoms with Crippen molar-refractivity contribution in [2.45, 2.75) is 38.3 Å². The number of piperidine rings is 3. The first-order valence-corrected chi connectivity index (χ1v) is 7.12. The molecule has 3 fully saturated rings. The lowest BCUT2D eigenvalue weighted by molar-refractivity contribution is -0.0578. The summed E-state index contributed by atoms with van der Waals surface area (Å²) in [5.74, 6) is 1.65. The SMILES string of the molecule is CCC1CN2CCC1CC2C(O)c1ccccn1. The summed E-state index contributed by atoms with van der Waals surface area (Å²) in [5.41, 5.74) is 0.822. The molecule has 3 saturated heterocycles.